The normalized spacial score (nSPS) is 10.6. The number of hydrazone groups is 1. The summed E-state index contributed by atoms with van der Waals surface area (Å²) < 4.78 is 25.2. The first-order valence-electron chi connectivity index (χ1n) is 10.8. The zero-order chi connectivity index (χ0) is 24.2. The van der Waals surface area contributed by atoms with Crippen LogP contribution in [0.4, 0.5) is 4.39 Å². The fraction of sp³-hybridized carbons (Fsp3) is 0.192. The number of amides is 2. The minimum Gasteiger partial charge on any atom is -0.490 e. The molecule has 8 heteroatoms. The standard InChI is InChI=1S/C26H26FN3O4/c1-2-33-24-16-20(12-13-23(24)34-18-19-8-4-3-5-9-19)17-29-30-25(31)14-15-28-26(32)21-10-6-7-11-22(21)27/h3-13,16-17H,2,14-15,18H2,1H3,(H,28,32)(H,30,31). The second-order valence-corrected chi connectivity index (χ2v) is 7.19. The first-order chi connectivity index (χ1) is 16.6. The minimum absolute atomic E-state index is 0.00596. The average Bonchev–Trinajstić information content (AvgIpc) is 2.84. The fourth-order valence-electron chi connectivity index (χ4n) is 2.99. The topological polar surface area (TPSA) is 89.0 Å². The van der Waals surface area contributed by atoms with Crippen molar-refractivity contribution in [1.82, 2.24) is 10.7 Å². The number of hydrogen-bond acceptors (Lipinski definition) is 5. The van der Waals surface area contributed by atoms with Crippen LogP contribution in [0.5, 0.6) is 11.5 Å². The summed E-state index contributed by atoms with van der Waals surface area (Å²) in [6.45, 7) is 2.82. The second kappa shape index (κ2) is 12.7. The van der Waals surface area contributed by atoms with E-state index < -0.39 is 17.6 Å². The van der Waals surface area contributed by atoms with Crippen LogP contribution in [0.15, 0.2) is 77.9 Å². The molecule has 0 spiro atoms. The predicted octanol–water partition coefficient (Wildman–Crippen LogP) is 4.07. The van der Waals surface area contributed by atoms with Gasteiger partial charge in [0.15, 0.2) is 11.5 Å². The largest absolute Gasteiger partial charge is 0.490 e. The summed E-state index contributed by atoms with van der Waals surface area (Å²) >= 11 is 0. The van der Waals surface area contributed by atoms with Crippen LogP contribution in [0, 0.1) is 5.82 Å². The van der Waals surface area contributed by atoms with Crippen molar-refractivity contribution in [2.45, 2.75) is 20.0 Å². The summed E-state index contributed by atoms with van der Waals surface area (Å²) in [6, 6.07) is 20.8. The highest BCUT2D eigenvalue weighted by Gasteiger charge is 2.11. The minimum atomic E-state index is -0.614. The maximum Gasteiger partial charge on any atom is 0.254 e. The van der Waals surface area contributed by atoms with Crippen molar-refractivity contribution in [2.75, 3.05) is 13.2 Å². The van der Waals surface area contributed by atoms with Gasteiger partial charge in [0.1, 0.15) is 12.4 Å². The second-order valence-electron chi connectivity index (χ2n) is 7.19. The van der Waals surface area contributed by atoms with E-state index in [4.69, 9.17) is 9.47 Å². The Balaban J connectivity index is 1.48. The summed E-state index contributed by atoms with van der Waals surface area (Å²) in [6.07, 6.45) is 1.48. The van der Waals surface area contributed by atoms with Crippen LogP contribution in [0.3, 0.4) is 0 Å². The van der Waals surface area contributed by atoms with Gasteiger partial charge in [-0.3, -0.25) is 9.59 Å². The summed E-state index contributed by atoms with van der Waals surface area (Å²) in [5.74, 6) is -0.399. The SMILES string of the molecule is CCOc1cc(C=NNC(=O)CCNC(=O)c2ccccc2F)ccc1OCc1ccccc1. The van der Waals surface area contributed by atoms with Gasteiger partial charge in [0.25, 0.3) is 5.91 Å². The molecule has 0 fully saturated rings. The van der Waals surface area contributed by atoms with Crippen LogP contribution in [0.2, 0.25) is 0 Å². The fourth-order valence-corrected chi connectivity index (χ4v) is 2.99. The third-order valence-corrected chi connectivity index (χ3v) is 4.66. The molecule has 0 aliphatic heterocycles. The van der Waals surface area contributed by atoms with Crippen LogP contribution in [-0.2, 0) is 11.4 Å². The smallest absolute Gasteiger partial charge is 0.254 e. The number of nitrogens with one attached hydrogen (secondary N) is 2. The van der Waals surface area contributed by atoms with Gasteiger partial charge in [-0.2, -0.15) is 5.10 Å². The molecule has 3 aromatic rings. The monoisotopic (exact) mass is 463 g/mol. The van der Waals surface area contributed by atoms with Crippen LogP contribution < -0.4 is 20.2 Å². The average molecular weight is 464 g/mol. The van der Waals surface area contributed by atoms with E-state index in [0.717, 1.165) is 5.56 Å². The van der Waals surface area contributed by atoms with Crippen molar-refractivity contribution < 1.29 is 23.5 Å². The number of benzene rings is 3. The molecular weight excluding hydrogens is 437 g/mol. The maximum absolute atomic E-state index is 13.6. The van der Waals surface area contributed by atoms with Gasteiger partial charge in [-0.25, -0.2) is 9.82 Å². The van der Waals surface area contributed by atoms with Crippen molar-refractivity contribution in [3.8, 4) is 11.5 Å². The molecule has 0 unspecified atom stereocenters. The Morgan fingerprint density at radius 1 is 0.971 bits per heavy atom. The Hall–Kier alpha value is -4.20. The highest BCUT2D eigenvalue weighted by Crippen LogP contribution is 2.28. The number of rotatable bonds is 11. The molecule has 0 radical (unpaired) electrons. The van der Waals surface area contributed by atoms with Crippen LogP contribution in [0.1, 0.15) is 34.8 Å². The van der Waals surface area contributed by atoms with Crippen molar-refractivity contribution in [3.05, 3.63) is 95.3 Å². The molecule has 7 nitrogen and oxygen atoms in total. The number of ether oxygens (including phenoxy) is 2. The van der Waals surface area contributed by atoms with E-state index in [9.17, 15) is 14.0 Å². The van der Waals surface area contributed by atoms with E-state index in [1.165, 1.54) is 24.4 Å². The molecule has 0 aliphatic carbocycles. The number of carbonyl (C=O) groups excluding carboxylic acids is 2. The number of carbonyl (C=O) groups is 2. The lowest BCUT2D eigenvalue weighted by Gasteiger charge is -2.12. The van der Waals surface area contributed by atoms with Gasteiger partial charge >= 0.3 is 0 Å². The molecule has 176 valence electrons. The van der Waals surface area contributed by atoms with Crippen molar-refractivity contribution in [3.63, 3.8) is 0 Å². The Morgan fingerprint density at radius 3 is 2.50 bits per heavy atom. The summed E-state index contributed by atoms with van der Waals surface area (Å²) in [5, 5.41) is 6.45. The molecule has 2 N–H and O–H groups in total. The van der Waals surface area contributed by atoms with Crippen LogP contribution in [0.25, 0.3) is 0 Å². The van der Waals surface area contributed by atoms with Gasteiger partial charge in [-0.1, -0.05) is 42.5 Å². The summed E-state index contributed by atoms with van der Waals surface area (Å²) in [7, 11) is 0. The van der Waals surface area contributed by atoms with Crippen molar-refractivity contribution in [1.29, 1.82) is 0 Å². The van der Waals surface area contributed by atoms with Gasteiger partial charge in [-0.15, -0.1) is 0 Å². The lowest BCUT2D eigenvalue weighted by molar-refractivity contribution is -0.120. The Labute approximate surface area is 197 Å². The molecule has 3 aromatic carbocycles. The van der Waals surface area contributed by atoms with E-state index in [2.05, 4.69) is 15.8 Å². The Kier molecular flexibility index (Phi) is 9.16. The van der Waals surface area contributed by atoms with Crippen LogP contribution >= 0.6 is 0 Å². The third kappa shape index (κ3) is 7.44. The lowest BCUT2D eigenvalue weighted by Crippen LogP contribution is -2.29. The first-order valence-corrected chi connectivity index (χ1v) is 10.8. The van der Waals surface area contributed by atoms with E-state index in [1.807, 2.05) is 37.3 Å². The summed E-state index contributed by atoms with van der Waals surface area (Å²) in [5.41, 5.74) is 4.09. The molecule has 0 bridgehead atoms. The Bertz CT molecular complexity index is 1140. The summed E-state index contributed by atoms with van der Waals surface area (Å²) in [4.78, 5) is 23.9. The molecule has 0 saturated carbocycles. The number of halogens is 1. The molecule has 3 rings (SSSR count). The van der Waals surface area contributed by atoms with E-state index >= 15 is 0 Å². The van der Waals surface area contributed by atoms with Gasteiger partial charge in [0.05, 0.1) is 18.4 Å². The molecular formula is C26H26FN3O4. The zero-order valence-corrected chi connectivity index (χ0v) is 18.8. The maximum atomic E-state index is 13.6. The zero-order valence-electron chi connectivity index (χ0n) is 18.8. The van der Waals surface area contributed by atoms with E-state index in [1.54, 1.807) is 24.3 Å². The lowest BCUT2D eigenvalue weighted by atomic mass is 10.2. The molecule has 0 aliphatic rings. The van der Waals surface area contributed by atoms with Crippen molar-refractivity contribution in [2.24, 2.45) is 5.10 Å². The molecule has 2 amide bonds. The third-order valence-electron chi connectivity index (χ3n) is 4.66. The molecule has 0 heterocycles. The quantitative estimate of drug-likeness (QED) is 0.331. The number of hydrogen-bond donors (Lipinski definition) is 2. The van der Waals surface area contributed by atoms with Crippen molar-refractivity contribution >= 4 is 18.0 Å². The van der Waals surface area contributed by atoms with E-state index in [0.29, 0.717) is 30.3 Å². The highest BCUT2D eigenvalue weighted by molar-refractivity contribution is 5.94. The highest BCUT2D eigenvalue weighted by atomic mass is 19.1. The molecule has 0 atom stereocenters. The predicted molar refractivity (Wildman–Crippen MR) is 127 cm³/mol. The molecule has 34 heavy (non-hydrogen) atoms. The Morgan fingerprint density at radius 2 is 1.74 bits per heavy atom. The molecule has 0 aromatic heterocycles. The van der Waals surface area contributed by atoms with E-state index in [-0.39, 0.29) is 18.5 Å². The number of nitrogens with zero attached hydrogens (tertiary/aromatic N) is 1. The van der Waals surface area contributed by atoms with Gasteiger partial charge in [0, 0.05) is 13.0 Å². The molecule has 0 saturated heterocycles. The first kappa shape index (κ1) is 24.4. The van der Waals surface area contributed by atoms with Gasteiger partial charge in [-0.05, 0) is 48.4 Å². The van der Waals surface area contributed by atoms with Gasteiger partial charge < -0.3 is 14.8 Å². The van der Waals surface area contributed by atoms with Gasteiger partial charge in [0.2, 0.25) is 5.91 Å². The van der Waals surface area contributed by atoms with Crippen LogP contribution in [-0.4, -0.2) is 31.2 Å².